The molecule has 2 aromatic carbocycles. The van der Waals surface area contributed by atoms with Crippen LogP contribution in [0.2, 0.25) is 0 Å². The van der Waals surface area contributed by atoms with Crippen molar-refractivity contribution in [3.05, 3.63) is 59.7 Å². The molecule has 0 saturated heterocycles. The molecular formula is C18H19NO5. The van der Waals surface area contributed by atoms with Gasteiger partial charge in [0.25, 0.3) is 0 Å². The second-order valence-corrected chi connectivity index (χ2v) is 4.96. The molecule has 0 heterocycles. The minimum atomic E-state index is -1.05. The summed E-state index contributed by atoms with van der Waals surface area (Å²) in [5, 5.41) is 12.1. The van der Waals surface area contributed by atoms with E-state index in [1.807, 2.05) is 30.3 Å². The van der Waals surface area contributed by atoms with Gasteiger partial charge in [-0.25, -0.2) is 9.59 Å². The summed E-state index contributed by atoms with van der Waals surface area (Å²) in [5.74, 6) is -1.14. The monoisotopic (exact) mass is 329 g/mol. The van der Waals surface area contributed by atoms with Gasteiger partial charge in [-0.15, -0.1) is 0 Å². The van der Waals surface area contributed by atoms with Gasteiger partial charge in [-0.05, 0) is 30.7 Å². The summed E-state index contributed by atoms with van der Waals surface area (Å²) in [7, 11) is 1.44. The third-order valence-electron chi connectivity index (χ3n) is 3.40. The van der Waals surface area contributed by atoms with E-state index in [0.29, 0.717) is 11.4 Å². The lowest BCUT2D eigenvalue weighted by atomic mass is 10.1. The first-order valence-corrected chi connectivity index (χ1v) is 7.46. The largest absolute Gasteiger partial charge is 0.495 e. The van der Waals surface area contributed by atoms with Crippen molar-refractivity contribution >= 4 is 17.6 Å². The predicted octanol–water partition coefficient (Wildman–Crippen LogP) is 3.11. The lowest BCUT2D eigenvalue weighted by molar-refractivity contribution is -0.144. The number of aromatic carboxylic acids is 1. The van der Waals surface area contributed by atoms with Crippen LogP contribution in [0.25, 0.3) is 0 Å². The molecule has 0 aliphatic heterocycles. The van der Waals surface area contributed by atoms with Gasteiger partial charge in [-0.1, -0.05) is 30.3 Å². The first-order valence-electron chi connectivity index (χ1n) is 7.46. The summed E-state index contributed by atoms with van der Waals surface area (Å²) in [5.41, 5.74) is 1.34. The Bertz CT molecular complexity index is 715. The van der Waals surface area contributed by atoms with E-state index in [4.69, 9.17) is 14.6 Å². The van der Waals surface area contributed by atoms with Crippen molar-refractivity contribution in [1.82, 2.24) is 0 Å². The maximum Gasteiger partial charge on any atom is 0.335 e. The average Bonchev–Trinajstić information content (AvgIpc) is 2.60. The number of benzene rings is 2. The zero-order valence-corrected chi connectivity index (χ0v) is 13.5. The van der Waals surface area contributed by atoms with Gasteiger partial charge < -0.3 is 19.9 Å². The van der Waals surface area contributed by atoms with E-state index in [9.17, 15) is 9.59 Å². The Morgan fingerprint density at radius 3 is 2.46 bits per heavy atom. The fourth-order valence-electron chi connectivity index (χ4n) is 2.25. The van der Waals surface area contributed by atoms with E-state index in [1.54, 1.807) is 13.0 Å². The molecule has 24 heavy (non-hydrogen) atoms. The molecule has 6 nitrogen and oxygen atoms in total. The fraction of sp³-hybridized carbons (Fsp3) is 0.222. The zero-order chi connectivity index (χ0) is 17.5. The molecule has 0 aliphatic rings. The van der Waals surface area contributed by atoms with Crippen molar-refractivity contribution < 1.29 is 24.2 Å². The van der Waals surface area contributed by atoms with Crippen molar-refractivity contribution in [3.8, 4) is 5.75 Å². The summed E-state index contributed by atoms with van der Waals surface area (Å²) >= 11 is 0. The Labute approximate surface area is 140 Å². The molecule has 0 fully saturated rings. The van der Waals surface area contributed by atoms with Crippen LogP contribution in [0.5, 0.6) is 5.75 Å². The molecule has 2 aromatic rings. The topological polar surface area (TPSA) is 84.9 Å². The third kappa shape index (κ3) is 4.04. The molecule has 0 spiro atoms. The molecule has 126 valence electrons. The summed E-state index contributed by atoms with van der Waals surface area (Å²) < 4.78 is 10.4. The van der Waals surface area contributed by atoms with Crippen molar-refractivity contribution in [1.29, 1.82) is 0 Å². The second kappa shape index (κ2) is 8.01. The van der Waals surface area contributed by atoms with Gasteiger partial charge in [0.1, 0.15) is 5.75 Å². The Kier molecular flexibility index (Phi) is 5.78. The molecule has 0 saturated carbocycles. The fourth-order valence-corrected chi connectivity index (χ4v) is 2.25. The van der Waals surface area contributed by atoms with Crippen LogP contribution in [-0.2, 0) is 9.53 Å². The maximum absolute atomic E-state index is 12.3. The molecule has 1 atom stereocenters. The molecule has 2 rings (SSSR count). The number of ether oxygens (including phenoxy) is 2. The minimum Gasteiger partial charge on any atom is -0.495 e. The number of methoxy groups -OCH3 is 1. The quantitative estimate of drug-likeness (QED) is 0.759. The van der Waals surface area contributed by atoms with Gasteiger partial charge in [0.05, 0.1) is 25.0 Å². The highest BCUT2D eigenvalue weighted by Gasteiger charge is 2.23. The lowest BCUT2D eigenvalue weighted by Gasteiger charge is -2.20. The number of carbonyl (C=O) groups excluding carboxylic acids is 1. The molecule has 2 N–H and O–H groups in total. The summed E-state index contributed by atoms with van der Waals surface area (Å²) in [6.07, 6.45) is 0. The van der Waals surface area contributed by atoms with E-state index in [0.717, 1.165) is 5.56 Å². The Morgan fingerprint density at radius 1 is 1.17 bits per heavy atom. The summed E-state index contributed by atoms with van der Waals surface area (Å²) in [6, 6.07) is 12.8. The average molecular weight is 329 g/mol. The number of nitrogens with one attached hydrogen (secondary N) is 1. The van der Waals surface area contributed by atoms with Crippen molar-refractivity contribution in [2.24, 2.45) is 0 Å². The highest BCUT2D eigenvalue weighted by atomic mass is 16.5. The number of carboxylic acids is 1. The van der Waals surface area contributed by atoms with Gasteiger partial charge in [-0.2, -0.15) is 0 Å². The molecule has 0 bridgehead atoms. The second-order valence-electron chi connectivity index (χ2n) is 4.96. The summed E-state index contributed by atoms with van der Waals surface area (Å²) in [6.45, 7) is 2.00. The van der Waals surface area contributed by atoms with E-state index in [-0.39, 0.29) is 12.2 Å². The first kappa shape index (κ1) is 17.3. The van der Waals surface area contributed by atoms with Crippen LogP contribution in [0.15, 0.2) is 48.5 Å². The van der Waals surface area contributed by atoms with Gasteiger partial charge in [0.15, 0.2) is 6.04 Å². The van der Waals surface area contributed by atoms with Gasteiger partial charge >= 0.3 is 11.9 Å². The maximum atomic E-state index is 12.3. The van der Waals surface area contributed by atoms with Gasteiger partial charge in [-0.3, -0.25) is 0 Å². The van der Waals surface area contributed by atoms with Crippen LogP contribution in [0.4, 0.5) is 5.69 Å². The molecule has 0 aliphatic carbocycles. The predicted molar refractivity (Wildman–Crippen MR) is 89.4 cm³/mol. The molecule has 6 heteroatoms. The van der Waals surface area contributed by atoms with Crippen LogP contribution >= 0.6 is 0 Å². The van der Waals surface area contributed by atoms with Crippen molar-refractivity contribution in [2.45, 2.75) is 13.0 Å². The number of carboxylic acid groups (broad SMARTS) is 1. The molecule has 1 unspecified atom stereocenters. The third-order valence-corrected chi connectivity index (χ3v) is 3.40. The normalized spacial score (nSPS) is 11.4. The highest BCUT2D eigenvalue weighted by molar-refractivity contribution is 5.89. The number of hydrogen-bond donors (Lipinski definition) is 2. The molecular weight excluding hydrogens is 310 g/mol. The van der Waals surface area contributed by atoms with Crippen LogP contribution in [0.1, 0.15) is 28.9 Å². The molecule has 0 amide bonds. The van der Waals surface area contributed by atoms with E-state index >= 15 is 0 Å². The molecule has 0 radical (unpaired) electrons. The SMILES string of the molecule is CCOC(=O)C(Nc1ccc(C(=O)O)cc1OC)c1ccccc1. The smallest absolute Gasteiger partial charge is 0.335 e. The first-order chi connectivity index (χ1) is 11.6. The lowest BCUT2D eigenvalue weighted by Crippen LogP contribution is -2.23. The van der Waals surface area contributed by atoms with Crippen LogP contribution in [0, 0.1) is 0 Å². The highest BCUT2D eigenvalue weighted by Crippen LogP contribution is 2.30. The Morgan fingerprint density at radius 2 is 1.88 bits per heavy atom. The van der Waals surface area contributed by atoms with E-state index in [2.05, 4.69) is 5.32 Å². The van der Waals surface area contributed by atoms with Crippen molar-refractivity contribution in [3.63, 3.8) is 0 Å². The van der Waals surface area contributed by atoms with E-state index < -0.39 is 18.0 Å². The standard InChI is InChI=1S/C18H19NO5/c1-3-24-18(22)16(12-7-5-4-6-8-12)19-14-10-9-13(17(20)21)11-15(14)23-2/h4-11,16,19H,3H2,1-2H3,(H,20,21). The number of esters is 1. The van der Waals surface area contributed by atoms with Crippen LogP contribution in [-0.4, -0.2) is 30.8 Å². The number of anilines is 1. The van der Waals surface area contributed by atoms with Gasteiger partial charge in [0.2, 0.25) is 0 Å². The molecule has 0 aromatic heterocycles. The number of carbonyl (C=O) groups is 2. The van der Waals surface area contributed by atoms with Crippen LogP contribution < -0.4 is 10.1 Å². The van der Waals surface area contributed by atoms with Crippen LogP contribution in [0.3, 0.4) is 0 Å². The Hall–Kier alpha value is -3.02. The summed E-state index contributed by atoms with van der Waals surface area (Å²) in [4.78, 5) is 23.4. The minimum absolute atomic E-state index is 0.102. The zero-order valence-electron chi connectivity index (χ0n) is 13.5. The van der Waals surface area contributed by atoms with E-state index in [1.165, 1.54) is 19.2 Å². The number of rotatable bonds is 7. The van der Waals surface area contributed by atoms with Crippen molar-refractivity contribution in [2.75, 3.05) is 19.0 Å². The van der Waals surface area contributed by atoms with Gasteiger partial charge in [0, 0.05) is 0 Å². The Balaban J connectivity index is 2.36. The number of hydrogen-bond acceptors (Lipinski definition) is 5.